The summed E-state index contributed by atoms with van der Waals surface area (Å²) in [4.78, 5) is 14.1. The Bertz CT molecular complexity index is 230. The summed E-state index contributed by atoms with van der Waals surface area (Å²) in [6.07, 6.45) is 1.56. The van der Waals surface area contributed by atoms with Gasteiger partial charge in [-0.25, -0.2) is 0 Å². The van der Waals surface area contributed by atoms with Crippen molar-refractivity contribution in [3.05, 3.63) is 0 Å². The fourth-order valence-electron chi connectivity index (χ4n) is 2.15. The minimum absolute atomic E-state index is 0.193. The standard InChI is InChI=1S/C14H30N2O2/c1-11(2)8-13(10-15)9-14(17)16(12(3)4)6-7-18-5/h11-13H,6-10,15H2,1-5H3/t13-/m0/s1. The zero-order valence-corrected chi connectivity index (χ0v) is 12.6. The summed E-state index contributed by atoms with van der Waals surface area (Å²) in [7, 11) is 1.66. The molecule has 0 bridgehead atoms. The fourth-order valence-corrected chi connectivity index (χ4v) is 2.15. The van der Waals surface area contributed by atoms with Gasteiger partial charge in [0.05, 0.1) is 6.61 Å². The van der Waals surface area contributed by atoms with Crippen LogP contribution in [0.15, 0.2) is 0 Å². The lowest BCUT2D eigenvalue weighted by Gasteiger charge is -2.28. The predicted molar refractivity (Wildman–Crippen MR) is 75.3 cm³/mol. The minimum atomic E-state index is 0.193. The lowest BCUT2D eigenvalue weighted by atomic mass is 9.93. The number of carbonyl (C=O) groups excluding carboxylic acids is 1. The molecule has 0 aromatic heterocycles. The van der Waals surface area contributed by atoms with E-state index >= 15 is 0 Å². The van der Waals surface area contributed by atoms with Gasteiger partial charge in [0.15, 0.2) is 0 Å². The Balaban J connectivity index is 4.38. The van der Waals surface area contributed by atoms with E-state index in [2.05, 4.69) is 13.8 Å². The molecule has 0 radical (unpaired) electrons. The monoisotopic (exact) mass is 258 g/mol. The average molecular weight is 258 g/mol. The molecule has 4 nitrogen and oxygen atoms in total. The third kappa shape index (κ3) is 6.97. The maximum Gasteiger partial charge on any atom is 0.223 e. The molecule has 0 saturated heterocycles. The molecule has 0 fully saturated rings. The molecule has 0 heterocycles. The first kappa shape index (κ1) is 17.4. The van der Waals surface area contributed by atoms with Crippen LogP contribution in [0.25, 0.3) is 0 Å². The third-order valence-corrected chi connectivity index (χ3v) is 3.08. The van der Waals surface area contributed by atoms with Crippen molar-refractivity contribution in [2.75, 3.05) is 26.8 Å². The lowest BCUT2D eigenvalue weighted by Crippen LogP contribution is -2.40. The van der Waals surface area contributed by atoms with Crippen LogP contribution in [0.5, 0.6) is 0 Å². The highest BCUT2D eigenvalue weighted by Gasteiger charge is 2.20. The molecule has 0 aliphatic heterocycles. The van der Waals surface area contributed by atoms with E-state index in [4.69, 9.17) is 10.5 Å². The van der Waals surface area contributed by atoms with E-state index in [0.717, 1.165) is 6.42 Å². The van der Waals surface area contributed by atoms with Gasteiger partial charge in [0.2, 0.25) is 5.91 Å². The number of ether oxygens (including phenoxy) is 1. The van der Waals surface area contributed by atoms with E-state index < -0.39 is 0 Å². The molecular weight excluding hydrogens is 228 g/mol. The normalized spacial score (nSPS) is 13.1. The zero-order chi connectivity index (χ0) is 14.1. The molecule has 108 valence electrons. The summed E-state index contributed by atoms with van der Waals surface area (Å²) >= 11 is 0. The number of nitrogens with zero attached hydrogens (tertiary/aromatic N) is 1. The van der Waals surface area contributed by atoms with Crippen LogP contribution in [0.4, 0.5) is 0 Å². The largest absolute Gasteiger partial charge is 0.383 e. The van der Waals surface area contributed by atoms with Gasteiger partial charge in [0, 0.05) is 26.1 Å². The van der Waals surface area contributed by atoms with Crippen molar-refractivity contribution in [1.29, 1.82) is 0 Å². The Labute approximate surface area is 112 Å². The number of hydrogen-bond donors (Lipinski definition) is 1. The Morgan fingerprint density at radius 1 is 1.28 bits per heavy atom. The van der Waals surface area contributed by atoms with Gasteiger partial charge in [-0.1, -0.05) is 13.8 Å². The van der Waals surface area contributed by atoms with Gasteiger partial charge in [-0.2, -0.15) is 0 Å². The highest BCUT2D eigenvalue weighted by atomic mass is 16.5. The van der Waals surface area contributed by atoms with Crippen molar-refractivity contribution >= 4 is 5.91 Å². The second kappa shape index (κ2) is 9.34. The second-order valence-electron chi connectivity index (χ2n) is 5.61. The van der Waals surface area contributed by atoms with Crippen LogP contribution in [-0.4, -0.2) is 43.7 Å². The van der Waals surface area contributed by atoms with Crippen LogP contribution in [-0.2, 0) is 9.53 Å². The Morgan fingerprint density at radius 2 is 1.89 bits per heavy atom. The topological polar surface area (TPSA) is 55.6 Å². The number of methoxy groups -OCH3 is 1. The van der Waals surface area contributed by atoms with Crippen molar-refractivity contribution in [3.63, 3.8) is 0 Å². The SMILES string of the molecule is COCCN(C(=O)C[C@@H](CN)CC(C)C)C(C)C. The Kier molecular flexibility index (Phi) is 9.02. The summed E-state index contributed by atoms with van der Waals surface area (Å²) in [5, 5.41) is 0. The predicted octanol–water partition coefficient (Wildman–Crippen LogP) is 1.88. The number of rotatable bonds is 9. The van der Waals surface area contributed by atoms with E-state index in [1.807, 2.05) is 18.7 Å². The van der Waals surface area contributed by atoms with Crippen molar-refractivity contribution in [2.45, 2.75) is 46.6 Å². The van der Waals surface area contributed by atoms with Gasteiger partial charge in [0.25, 0.3) is 0 Å². The number of amides is 1. The molecule has 0 aliphatic carbocycles. The van der Waals surface area contributed by atoms with Crippen LogP contribution in [0.3, 0.4) is 0 Å². The molecule has 0 spiro atoms. The molecule has 1 amide bonds. The number of hydrogen-bond acceptors (Lipinski definition) is 3. The molecule has 4 heteroatoms. The number of carbonyl (C=O) groups is 1. The van der Waals surface area contributed by atoms with Gasteiger partial charge in [-0.3, -0.25) is 4.79 Å². The molecular formula is C14H30N2O2. The summed E-state index contributed by atoms with van der Waals surface area (Å²) in [6, 6.07) is 0.213. The van der Waals surface area contributed by atoms with Crippen LogP contribution >= 0.6 is 0 Å². The van der Waals surface area contributed by atoms with E-state index in [9.17, 15) is 4.79 Å². The van der Waals surface area contributed by atoms with Crippen molar-refractivity contribution in [3.8, 4) is 0 Å². The van der Waals surface area contributed by atoms with Crippen molar-refractivity contribution in [2.24, 2.45) is 17.6 Å². The zero-order valence-electron chi connectivity index (χ0n) is 12.6. The summed E-state index contributed by atoms with van der Waals surface area (Å²) in [6.45, 7) is 10.2. The van der Waals surface area contributed by atoms with Gasteiger partial charge >= 0.3 is 0 Å². The van der Waals surface area contributed by atoms with Crippen LogP contribution < -0.4 is 5.73 Å². The van der Waals surface area contributed by atoms with Crippen LogP contribution in [0.1, 0.15) is 40.5 Å². The first-order chi connectivity index (χ1) is 8.42. The second-order valence-corrected chi connectivity index (χ2v) is 5.61. The van der Waals surface area contributed by atoms with Crippen LogP contribution in [0.2, 0.25) is 0 Å². The molecule has 2 N–H and O–H groups in total. The highest BCUT2D eigenvalue weighted by Crippen LogP contribution is 2.16. The van der Waals surface area contributed by atoms with Gasteiger partial charge in [-0.05, 0) is 38.6 Å². The smallest absolute Gasteiger partial charge is 0.223 e. The third-order valence-electron chi connectivity index (χ3n) is 3.08. The molecule has 0 saturated carbocycles. The molecule has 0 rings (SSSR count). The summed E-state index contributed by atoms with van der Waals surface area (Å²) < 4.78 is 5.05. The van der Waals surface area contributed by atoms with Gasteiger partial charge in [0.1, 0.15) is 0 Å². The minimum Gasteiger partial charge on any atom is -0.383 e. The lowest BCUT2D eigenvalue weighted by molar-refractivity contribution is -0.134. The Hall–Kier alpha value is -0.610. The van der Waals surface area contributed by atoms with Crippen molar-refractivity contribution < 1.29 is 9.53 Å². The maximum atomic E-state index is 12.3. The van der Waals surface area contributed by atoms with E-state index in [-0.39, 0.29) is 11.9 Å². The van der Waals surface area contributed by atoms with E-state index in [1.165, 1.54) is 0 Å². The highest BCUT2D eigenvalue weighted by molar-refractivity contribution is 5.76. The first-order valence-electron chi connectivity index (χ1n) is 6.90. The maximum absolute atomic E-state index is 12.3. The summed E-state index contributed by atoms with van der Waals surface area (Å²) in [5.41, 5.74) is 5.75. The van der Waals surface area contributed by atoms with Crippen molar-refractivity contribution in [1.82, 2.24) is 4.90 Å². The molecule has 0 aliphatic rings. The quantitative estimate of drug-likeness (QED) is 0.687. The number of nitrogens with two attached hydrogens (primary N) is 1. The first-order valence-corrected chi connectivity index (χ1v) is 6.90. The molecule has 0 unspecified atom stereocenters. The molecule has 0 aromatic carbocycles. The van der Waals surface area contributed by atoms with E-state index in [1.54, 1.807) is 7.11 Å². The Morgan fingerprint density at radius 3 is 2.28 bits per heavy atom. The average Bonchev–Trinajstić information content (AvgIpc) is 2.27. The fraction of sp³-hybridized carbons (Fsp3) is 0.929. The van der Waals surface area contributed by atoms with Gasteiger partial charge in [-0.15, -0.1) is 0 Å². The van der Waals surface area contributed by atoms with E-state index in [0.29, 0.717) is 38.0 Å². The summed E-state index contributed by atoms with van der Waals surface area (Å²) in [5.74, 6) is 1.07. The van der Waals surface area contributed by atoms with Crippen LogP contribution in [0, 0.1) is 11.8 Å². The van der Waals surface area contributed by atoms with Gasteiger partial charge < -0.3 is 15.4 Å². The molecule has 18 heavy (non-hydrogen) atoms. The molecule has 1 atom stereocenters. The molecule has 0 aromatic rings.